The van der Waals surface area contributed by atoms with E-state index in [-0.39, 0.29) is 5.91 Å². The number of amides is 1. The Balaban J connectivity index is 1.58. The Bertz CT molecular complexity index is 989. The Morgan fingerprint density at radius 1 is 1.07 bits per heavy atom. The molecular weight excluding hydrogens is 386 g/mol. The van der Waals surface area contributed by atoms with E-state index in [1.54, 1.807) is 24.3 Å². The van der Waals surface area contributed by atoms with Crippen LogP contribution in [-0.2, 0) is 6.42 Å². The minimum Gasteiger partial charge on any atom is -0.385 e. The van der Waals surface area contributed by atoms with E-state index in [4.69, 9.17) is 17.3 Å². The summed E-state index contributed by atoms with van der Waals surface area (Å²) in [5.74, 6) is 0.347. The number of anilines is 4. The van der Waals surface area contributed by atoms with Gasteiger partial charge in [-0.1, -0.05) is 17.7 Å². The maximum atomic E-state index is 12.7. The Hall–Kier alpha value is -3.25. The van der Waals surface area contributed by atoms with Crippen molar-refractivity contribution >= 4 is 40.4 Å². The second kappa shape index (κ2) is 9.30. The van der Waals surface area contributed by atoms with Crippen molar-refractivity contribution in [3.05, 3.63) is 76.9 Å². The molecule has 4 N–H and O–H groups in total. The van der Waals surface area contributed by atoms with Crippen LogP contribution in [0.25, 0.3) is 0 Å². The average molecular weight is 410 g/mol. The summed E-state index contributed by atoms with van der Waals surface area (Å²) in [6, 6.07) is 18.4. The highest BCUT2D eigenvalue weighted by molar-refractivity contribution is 6.31. The van der Waals surface area contributed by atoms with E-state index in [1.165, 1.54) is 0 Å². The van der Waals surface area contributed by atoms with E-state index in [2.05, 4.69) is 15.6 Å². The van der Waals surface area contributed by atoms with E-state index >= 15 is 0 Å². The molecule has 29 heavy (non-hydrogen) atoms. The van der Waals surface area contributed by atoms with Crippen LogP contribution >= 0.6 is 11.6 Å². The van der Waals surface area contributed by atoms with Crippen molar-refractivity contribution in [1.82, 2.24) is 4.98 Å². The Kier molecular flexibility index (Phi) is 6.57. The molecule has 0 saturated heterocycles. The number of nitrogen functional groups attached to an aromatic ring is 1. The van der Waals surface area contributed by atoms with Gasteiger partial charge < -0.3 is 21.3 Å². The van der Waals surface area contributed by atoms with Crippen LogP contribution in [0.4, 0.5) is 22.9 Å². The lowest BCUT2D eigenvalue weighted by molar-refractivity contribution is 0.102. The molecule has 0 unspecified atom stereocenters. The zero-order valence-corrected chi connectivity index (χ0v) is 17.2. The third-order valence-electron chi connectivity index (χ3n) is 4.37. The molecule has 0 spiro atoms. The molecule has 0 aliphatic rings. The molecule has 3 aromatic rings. The number of nitrogens with zero attached hydrogens (tertiary/aromatic N) is 2. The number of pyridine rings is 1. The lowest BCUT2D eigenvalue weighted by atomic mass is 10.1. The number of nitrogens with one attached hydrogen (secondary N) is 2. The monoisotopic (exact) mass is 409 g/mol. The molecule has 1 amide bonds. The third kappa shape index (κ3) is 5.62. The summed E-state index contributed by atoms with van der Waals surface area (Å²) in [6.07, 6.45) is 0.771. The largest absolute Gasteiger partial charge is 0.385 e. The minimum atomic E-state index is -0.182. The number of carbonyl (C=O) groups excluding carboxylic acids is 1. The van der Waals surface area contributed by atoms with Crippen molar-refractivity contribution in [2.45, 2.75) is 6.42 Å². The maximum absolute atomic E-state index is 12.7. The van der Waals surface area contributed by atoms with E-state index in [1.807, 2.05) is 55.4 Å². The van der Waals surface area contributed by atoms with Gasteiger partial charge in [-0.25, -0.2) is 4.98 Å². The fourth-order valence-corrected chi connectivity index (χ4v) is 3.08. The highest BCUT2D eigenvalue weighted by Crippen LogP contribution is 2.24. The summed E-state index contributed by atoms with van der Waals surface area (Å²) in [4.78, 5) is 18.8. The van der Waals surface area contributed by atoms with Gasteiger partial charge in [0.05, 0.1) is 11.3 Å². The number of hydrogen-bond acceptors (Lipinski definition) is 5. The molecule has 0 aliphatic carbocycles. The Morgan fingerprint density at radius 2 is 1.79 bits per heavy atom. The van der Waals surface area contributed by atoms with Crippen LogP contribution in [0, 0.1) is 0 Å². The summed E-state index contributed by atoms with van der Waals surface area (Å²) >= 11 is 6.06. The molecule has 0 radical (unpaired) electrons. The second-order valence-corrected chi connectivity index (χ2v) is 7.25. The van der Waals surface area contributed by atoms with Gasteiger partial charge in [0.25, 0.3) is 5.91 Å². The number of halogens is 1. The molecule has 1 heterocycles. The molecule has 0 atom stereocenters. The third-order valence-corrected chi connectivity index (χ3v) is 4.60. The predicted octanol–water partition coefficient (Wildman–Crippen LogP) is 4.29. The first-order valence-electron chi connectivity index (χ1n) is 9.26. The number of hydrogen-bond donors (Lipinski definition) is 3. The topological polar surface area (TPSA) is 83.3 Å². The molecule has 0 fully saturated rings. The first-order chi connectivity index (χ1) is 13.9. The molecule has 0 bridgehead atoms. The molecule has 0 aliphatic heterocycles. The number of nitrogens with two attached hydrogens (primary N) is 1. The van der Waals surface area contributed by atoms with Crippen molar-refractivity contribution in [3.8, 4) is 0 Å². The second-order valence-electron chi connectivity index (χ2n) is 6.82. The SMILES string of the molecule is CN(C)c1cc(Cl)ccc1C(=O)Nc1ccc(NCCc2cccc(N)n2)cc1. The van der Waals surface area contributed by atoms with Crippen molar-refractivity contribution in [2.24, 2.45) is 0 Å². The van der Waals surface area contributed by atoms with Gasteiger partial charge in [-0.3, -0.25) is 4.79 Å². The summed E-state index contributed by atoms with van der Waals surface area (Å²) in [7, 11) is 3.75. The van der Waals surface area contributed by atoms with E-state index in [0.717, 1.165) is 35.7 Å². The smallest absolute Gasteiger partial charge is 0.257 e. The zero-order chi connectivity index (χ0) is 20.8. The molecule has 0 saturated carbocycles. The molecule has 2 aromatic carbocycles. The molecule has 150 valence electrons. The van der Waals surface area contributed by atoms with Crippen LogP contribution in [0.1, 0.15) is 16.1 Å². The van der Waals surface area contributed by atoms with Crippen molar-refractivity contribution < 1.29 is 4.79 Å². The van der Waals surface area contributed by atoms with Gasteiger partial charge in [0.15, 0.2) is 0 Å². The average Bonchev–Trinajstić information content (AvgIpc) is 2.69. The van der Waals surface area contributed by atoms with Crippen LogP contribution in [-0.4, -0.2) is 31.5 Å². The maximum Gasteiger partial charge on any atom is 0.257 e. The van der Waals surface area contributed by atoms with Crippen molar-refractivity contribution in [3.63, 3.8) is 0 Å². The lowest BCUT2D eigenvalue weighted by Gasteiger charge is -2.17. The number of aromatic nitrogens is 1. The first kappa shape index (κ1) is 20.5. The van der Waals surface area contributed by atoms with Crippen molar-refractivity contribution in [2.75, 3.05) is 41.9 Å². The lowest BCUT2D eigenvalue weighted by Crippen LogP contribution is -2.18. The van der Waals surface area contributed by atoms with Gasteiger partial charge in [-0.15, -0.1) is 0 Å². The zero-order valence-electron chi connectivity index (χ0n) is 16.4. The van der Waals surface area contributed by atoms with Gasteiger partial charge in [0.1, 0.15) is 5.82 Å². The summed E-state index contributed by atoms with van der Waals surface area (Å²) < 4.78 is 0. The van der Waals surface area contributed by atoms with E-state index in [0.29, 0.717) is 16.4 Å². The number of benzene rings is 2. The minimum absolute atomic E-state index is 0.182. The van der Waals surface area contributed by atoms with Gasteiger partial charge >= 0.3 is 0 Å². The fourth-order valence-electron chi connectivity index (χ4n) is 2.91. The van der Waals surface area contributed by atoms with Gasteiger partial charge in [0.2, 0.25) is 0 Å². The van der Waals surface area contributed by atoms with Crippen LogP contribution in [0.5, 0.6) is 0 Å². The molecule has 3 rings (SSSR count). The van der Waals surface area contributed by atoms with Gasteiger partial charge in [0, 0.05) is 49.2 Å². The molecule has 7 heteroatoms. The fraction of sp³-hybridized carbons (Fsp3) is 0.182. The normalized spacial score (nSPS) is 10.4. The number of carbonyl (C=O) groups is 1. The summed E-state index contributed by atoms with van der Waals surface area (Å²) in [6.45, 7) is 0.735. The van der Waals surface area contributed by atoms with Crippen LogP contribution in [0.2, 0.25) is 5.02 Å². The predicted molar refractivity (Wildman–Crippen MR) is 121 cm³/mol. The van der Waals surface area contributed by atoms with Crippen LogP contribution in [0.3, 0.4) is 0 Å². The van der Waals surface area contributed by atoms with E-state index in [9.17, 15) is 4.79 Å². The first-order valence-corrected chi connectivity index (χ1v) is 9.64. The quantitative estimate of drug-likeness (QED) is 0.542. The standard InChI is InChI=1S/C22H24ClN5O/c1-28(2)20-14-15(23)6-11-19(20)22(29)27-18-9-7-16(8-10-18)25-13-12-17-4-3-5-21(24)26-17/h3-11,14,25H,12-13H2,1-2H3,(H2,24,26)(H,27,29). The van der Waals surface area contributed by atoms with Gasteiger partial charge in [-0.2, -0.15) is 0 Å². The summed E-state index contributed by atoms with van der Waals surface area (Å²) in [5.41, 5.74) is 9.66. The van der Waals surface area contributed by atoms with Crippen LogP contribution < -0.4 is 21.3 Å². The summed E-state index contributed by atoms with van der Waals surface area (Å²) in [5, 5.41) is 6.86. The van der Waals surface area contributed by atoms with Crippen LogP contribution in [0.15, 0.2) is 60.7 Å². The van der Waals surface area contributed by atoms with Gasteiger partial charge in [-0.05, 0) is 54.6 Å². The highest BCUT2D eigenvalue weighted by atomic mass is 35.5. The Labute approximate surface area is 175 Å². The molecule has 6 nitrogen and oxygen atoms in total. The van der Waals surface area contributed by atoms with E-state index < -0.39 is 0 Å². The Morgan fingerprint density at radius 3 is 2.48 bits per heavy atom. The molecule has 1 aromatic heterocycles. The highest BCUT2D eigenvalue weighted by Gasteiger charge is 2.13. The number of rotatable bonds is 7. The molecular formula is C22H24ClN5O. The van der Waals surface area contributed by atoms with Crippen molar-refractivity contribution in [1.29, 1.82) is 0 Å².